The predicted octanol–water partition coefficient (Wildman–Crippen LogP) is 3.46. The lowest BCUT2D eigenvalue weighted by atomic mass is 9.81. The van der Waals surface area contributed by atoms with Crippen molar-refractivity contribution in [1.82, 2.24) is 4.31 Å². The Morgan fingerprint density at radius 3 is 2.38 bits per heavy atom. The molecule has 0 bridgehead atoms. The third-order valence-corrected chi connectivity index (χ3v) is 5.76. The van der Waals surface area contributed by atoms with Crippen molar-refractivity contribution in [2.24, 2.45) is 0 Å². The van der Waals surface area contributed by atoms with E-state index >= 15 is 0 Å². The van der Waals surface area contributed by atoms with E-state index in [9.17, 15) is 8.42 Å². The van der Waals surface area contributed by atoms with Crippen molar-refractivity contribution in [3.63, 3.8) is 0 Å². The highest BCUT2D eigenvalue weighted by Crippen LogP contribution is 2.39. The third-order valence-electron chi connectivity index (χ3n) is 4.53. The molecule has 5 heteroatoms. The normalized spacial score (nSPS) is 17.0. The predicted molar refractivity (Wildman–Crippen MR) is 96.5 cm³/mol. The summed E-state index contributed by atoms with van der Waals surface area (Å²) in [5.74, 6) is 0.933. The molecule has 0 saturated heterocycles. The van der Waals surface area contributed by atoms with Crippen LogP contribution in [0.25, 0.3) is 6.08 Å². The molecule has 2 aromatic rings. The van der Waals surface area contributed by atoms with Crippen LogP contribution < -0.4 is 4.74 Å². The summed E-state index contributed by atoms with van der Waals surface area (Å²) >= 11 is 0. The summed E-state index contributed by atoms with van der Waals surface area (Å²) in [6.45, 7) is 0. The summed E-state index contributed by atoms with van der Waals surface area (Å²) in [5.41, 5.74) is 4.23. The molecule has 0 aromatic heterocycles. The van der Waals surface area contributed by atoms with Gasteiger partial charge in [0.05, 0.1) is 13.4 Å². The minimum atomic E-state index is -3.28. The summed E-state index contributed by atoms with van der Waals surface area (Å²) in [6, 6.07) is 16.1. The molecule has 0 aliphatic heterocycles. The first kappa shape index (κ1) is 16.6. The topological polar surface area (TPSA) is 46.6 Å². The maximum Gasteiger partial charge on any atom is 0.231 e. The van der Waals surface area contributed by atoms with Crippen molar-refractivity contribution >= 4 is 16.1 Å². The third kappa shape index (κ3) is 3.17. The van der Waals surface area contributed by atoms with Gasteiger partial charge in [-0.25, -0.2) is 8.42 Å². The van der Waals surface area contributed by atoms with E-state index in [1.54, 1.807) is 14.2 Å². The molecule has 126 valence electrons. The number of nitrogens with zero attached hydrogens (tertiary/aromatic N) is 1. The molecule has 0 radical (unpaired) electrons. The molecule has 0 amide bonds. The van der Waals surface area contributed by atoms with E-state index in [1.165, 1.54) is 16.1 Å². The molecular formula is C19H21NO3S. The molecule has 1 aliphatic carbocycles. The van der Waals surface area contributed by atoms with Gasteiger partial charge in [0.2, 0.25) is 10.0 Å². The SMILES string of the molecule is COc1ccc(C2CC(N(C)S(C)(=O)=O)=Cc3ccccc32)cc1. The van der Waals surface area contributed by atoms with Gasteiger partial charge >= 0.3 is 0 Å². The number of hydrogen-bond donors (Lipinski definition) is 0. The van der Waals surface area contributed by atoms with Gasteiger partial charge in [-0.2, -0.15) is 0 Å². The fourth-order valence-electron chi connectivity index (χ4n) is 3.08. The second-order valence-electron chi connectivity index (χ2n) is 6.02. The molecule has 4 nitrogen and oxygen atoms in total. The number of methoxy groups -OCH3 is 1. The van der Waals surface area contributed by atoms with Gasteiger partial charge in [-0.3, -0.25) is 4.31 Å². The van der Waals surface area contributed by atoms with Crippen LogP contribution in [0.2, 0.25) is 0 Å². The Labute approximate surface area is 143 Å². The number of rotatable bonds is 4. The van der Waals surface area contributed by atoms with E-state index in [0.29, 0.717) is 6.42 Å². The van der Waals surface area contributed by atoms with Gasteiger partial charge in [-0.05, 0) is 41.3 Å². The average molecular weight is 343 g/mol. The van der Waals surface area contributed by atoms with Crippen LogP contribution >= 0.6 is 0 Å². The Balaban J connectivity index is 2.05. The zero-order chi connectivity index (χ0) is 17.3. The van der Waals surface area contributed by atoms with E-state index in [-0.39, 0.29) is 5.92 Å². The van der Waals surface area contributed by atoms with E-state index < -0.39 is 10.0 Å². The Bertz CT molecular complexity index is 870. The zero-order valence-electron chi connectivity index (χ0n) is 14.1. The Morgan fingerprint density at radius 2 is 1.75 bits per heavy atom. The molecule has 0 heterocycles. The summed E-state index contributed by atoms with van der Waals surface area (Å²) < 4.78 is 30.5. The van der Waals surface area contributed by atoms with E-state index in [2.05, 4.69) is 6.07 Å². The van der Waals surface area contributed by atoms with Crippen LogP contribution in [0.3, 0.4) is 0 Å². The number of sulfonamides is 1. The van der Waals surface area contributed by atoms with Crippen LogP contribution in [-0.4, -0.2) is 33.1 Å². The summed E-state index contributed by atoms with van der Waals surface area (Å²) in [4.78, 5) is 0. The quantitative estimate of drug-likeness (QED) is 0.854. The van der Waals surface area contributed by atoms with E-state index in [1.807, 2.05) is 48.5 Å². The van der Waals surface area contributed by atoms with Gasteiger partial charge in [0.1, 0.15) is 5.75 Å². The first-order valence-corrected chi connectivity index (χ1v) is 9.62. The highest BCUT2D eigenvalue weighted by atomic mass is 32.2. The van der Waals surface area contributed by atoms with Crippen molar-refractivity contribution < 1.29 is 13.2 Å². The molecule has 2 aromatic carbocycles. The molecule has 3 rings (SSSR count). The second kappa shape index (κ2) is 6.32. The molecule has 0 spiro atoms. The molecule has 1 unspecified atom stereocenters. The molecule has 1 aliphatic rings. The fraction of sp³-hybridized carbons (Fsp3) is 0.263. The molecule has 0 N–H and O–H groups in total. The lowest BCUT2D eigenvalue weighted by Crippen LogP contribution is -2.27. The Morgan fingerprint density at radius 1 is 1.08 bits per heavy atom. The highest BCUT2D eigenvalue weighted by Gasteiger charge is 2.26. The van der Waals surface area contributed by atoms with Crippen LogP contribution in [0.15, 0.2) is 54.2 Å². The summed E-state index contributed by atoms with van der Waals surface area (Å²) in [7, 11) is -0.0193. The number of benzene rings is 2. The van der Waals surface area contributed by atoms with Gasteiger partial charge in [-0.15, -0.1) is 0 Å². The summed E-state index contributed by atoms with van der Waals surface area (Å²) in [5, 5.41) is 0. The maximum atomic E-state index is 11.9. The van der Waals surface area contributed by atoms with Gasteiger partial charge in [0.25, 0.3) is 0 Å². The minimum absolute atomic E-state index is 0.122. The molecule has 0 fully saturated rings. The molecule has 1 atom stereocenters. The molecule has 24 heavy (non-hydrogen) atoms. The maximum absolute atomic E-state index is 11.9. The number of hydrogen-bond acceptors (Lipinski definition) is 3. The largest absolute Gasteiger partial charge is 0.497 e. The van der Waals surface area contributed by atoms with Crippen molar-refractivity contribution in [2.75, 3.05) is 20.4 Å². The van der Waals surface area contributed by atoms with Crippen molar-refractivity contribution in [3.05, 3.63) is 70.9 Å². The monoisotopic (exact) mass is 343 g/mol. The first-order chi connectivity index (χ1) is 11.4. The van der Waals surface area contributed by atoms with Crippen LogP contribution in [-0.2, 0) is 10.0 Å². The standard InChI is InChI=1S/C19H21NO3S/c1-20(24(3,21)22)16-12-15-6-4-5-7-18(15)19(13-16)14-8-10-17(23-2)11-9-14/h4-12,19H,13H2,1-3H3. The Hall–Kier alpha value is -2.27. The number of fused-ring (bicyclic) bond motifs is 1. The number of ether oxygens (including phenoxy) is 1. The van der Waals surface area contributed by atoms with Crippen LogP contribution in [0.1, 0.15) is 29.0 Å². The smallest absolute Gasteiger partial charge is 0.231 e. The van der Waals surface area contributed by atoms with E-state index in [4.69, 9.17) is 4.74 Å². The first-order valence-electron chi connectivity index (χ1n) is 7.77. The van der Waals surface area contributed by atoms with Crippen molar-refractivity contribution in [1.29, 1.82) is 0 Å². The molecular weight excluding hydrogens is 322 g/mol. The zero-order valence-corrected chi connectivity index (χ0v) is 14.9. The van der Waals surface area contributed by atoms with Crippen molar-refractivity contribution in [2.45, 2.75) is 12.3 Å². The van der Waals surface area contributed by atoms with Gasteiger partial charge < -0.3 is 4.74 Å². The van der Waals surface area contributed by atoms with Gasteiger partial charge in [0, 0.05) is 18.7 Å². The molecule has 0 saturated carbocycles. The van der Waals surface area contributed by atoms with Gasteiger partial charge in [0.15, 0.2) is 0 Å². The lowest BCUT2D eigenvalue weighted by molar-refractivity contribution is 0.414. The van der Waals surface area contributed by atoms with Crippen LogP contribution in [0, 0.1) is 0 Å². The second-order valence-corrected chi connectivity index (χ2v) is 8.04. The fourth-order valence-corrected chi connectivity index (χ4v) is 3.64. The van der Waals surface area contributed by atoms with E-state index in [0.717, 1.165) is 22.6 Å². The van der Waals surface area contributed by atoms with Crippen LogP contribution in [0.5, 0.6) is 5.75 Å². The van der Waals surface area contributed by atoms with Crippen molar-refractivity contribution in [3.8, 4) is 5.75 Å². The lowest BCUT2D eigenvalue weighted by Gasteiger charge is -2.30. The summed E-state index contributed by atoms with van der Waals surface area (Å²) in [6.07, 6.45) is 3.85. The average Bonchev–Trinajstić information content (AvgIpc) is 2.59. The highest BCUT2D eigenvalue weighted by molar-refractivity contribution is 7.88. The number of allylic oxidation sites excluding steroid dienone is 1. The Kier molecular flexibility index (Phi) is 4.37. The van der Waals surface area contributed by atoms with Crippen LogP contribution in [0.4, 0.5) is 0 Å². The van der Waals surface area contributed by atoms with Gasteiger partial charge in [-0.1, -0.05) is 36.4 Å². The minimum Gasteiger partial charge on any atom is -0.497 e.